The van der Waals surface area contributed by atoms with Gasteiger partial charge in [-0.1, -0.05) is 11.6 Å². The van der Waals surface area contributed by atoms with Gasteiger partial charge in [-0.2, -0.15) is 0 Å². The monoisotopic (exact) mass is 211 g/mol. The zero-order valence-corrected chi connectivity index (χ0v) is 9.43. The zero-order valence-electron chi connectivity index (χ0n) is 8.67. The standard InChI is InChI=1S/C11H14ClNO/c1-11(2)7-13(3)9-6-8(12)4-5-10(9)14-11/h4-6H,7H2,1-3H3. The molecule has 1 aromatic carbocycles. The highest BCUT2D eigenvalue weighted by Gasteiger charge is 2.29. The van der Waals surface area contributed by atoms with Crippen molar-refractivity contribution in [1.29, 1.82) is 0 Å². The summed E-state index contributed by atoms with van der Waals surface area (Å²) < 4.78 is 5.84. The van der Waals surface area contributed by atoms with E-state index in [0.717, 1.165) is 23.0 Å². The minimum Gasteiger partial charge on any atom is -0.484 e. The molecule has 3 heteroatoms. The van der Waals surface area contributed by atoms with Gasteiger partial charge in [0, 0.05) is 12.1 Å². The molecule has 0 saturated heterocycles. The van der Waals surface area contributed by atoms with Gasteiger partial charge < -0.3 is 9.64 Å². The van der Waals surface area contributed by atoms with Gasteiger partial charge in [-0.05, 0) is 32.0 Å². The van der Waals surface area contributed by atoms with E-state index in [0.29, 0.717) is 0 Å². The lowest BCUT2D eigenvalue weighted by Gasteiger charge is -2.39. The van der Waals surface area contributed by atoms with Crippen LogP contribution in [-0.2, 0) is 0 Å². The van der Waals surface area contributed by atoms with Gasteiger partial charge in [0.1, 0.15) is 11.4 Å². The first-order valence-electron chi connectivity index (χ1n) is 4.68. The average Bonchev–Trinajstić information content (AvgIpc) is 2.05. The van der Waals surface area contributed by atoms with Crippen molar-refractivity contribution in [3.05, 3.63) is 23.2 Å². The van der Waals surface area contributed by atoms with E-state index in [9.17, 15) is 0 Å². The molecular weight excluding hydrogens is 198 g/mol. The molecule has 0 aliphatic carbocycles. The predicted molar refractivity (Wildman–Crippen MR) is 59.4 cm³/mol. The van der Waals surface area contributed by atoms with Crippen molar-refractivity contribution in [3.63, 3.8) is 0 Å². The summed E-state index contributed by atoms with van der Waals surface area (Å²) in [5, 5.41) is 0.749. The van der Waals surface area contributed by atoms with Crippen molar-refractivity contribution in [3.8, 4) is 5.75 Å². The number of likely N-dealkylation sites (N-methyl/N-ethyl adjacent to an activating group) is 1. The lowest BCUT2D eigenvalue weighted by Crippen LogP contribution is -2.45. The van der Waals surface area contributed by atoms with Gasteiger partial charge in [0.25, 0.3) is 0 Å². The van der Waals surface area contributed by atoms with E-state index in [1.807, 2.05) is 18.2 Å². The smallest absolute Gasteiger partial charge is 0.143 e. The van der Waals surface area contributed by atoms with E-state index in [4.69, 9.17) is 16.3 Å². The third-order valence-corrected chi connectivity index (χ3v) is 2.57. The summed E-state index contributed by atoms with van der Waals surface area (Å²) in [5.74, 6) is 0.910. The van der Waals surface area contributed by atoms with E-state index in [-0.39, 0.29) is 5.60 Å². The molecule has 0 aromatic heterocycles. The van der Waals surface area contributed by atoms with Crippen LogP contribution in [0.15, 0.2) is 18.2 Å². The highest BCUT2D eigenvalue weighted by molar-refractivity contribution is 6.30. The van der Waals surface area contributed by atoms with Gasteiger partial charge in [0.2, 0.25) is 0 Å². The van der Waals surface area contributed by atoms with Crippen molar-refractivity contribution >= 4 is 17.3 Å². The van der Waals surface area contributed by atoms with Gasteiger partial charge >= 0.3 is 0 Å². The van der Waals surface area contributed by atoms with E-state index in [2.05, 4.69) is 25.8 Å². The van der Waals surface area contributed by atoms with Crippen LogP contribution >= 0.6 is 11.6 Å². The van der Waals surface area contributed by atoms with Crippen molar-refractivity contribution in [2.75, 3.05) is 18.5 Å². The summed E-state index contributed by atoms with van der Waals surface area (Å²) in [4.78, 5) is 2.17. The number of hydrogen-bond donors (Lipinski definition) is 0. The Morgan fingerprint density at radius 1 is 1.43 bits per heavy atom. The van der Waals surface area contributed by atoms with Gasteiger partial charge in [-0.25, -0.2) is 0 Å². The molecule has 0 atom stereocenters. The molecule has 2 rings (SSSR count). The molecule has 1 aliphatic rings. The molecule has 0 bridgehead atoms. The third-order valence-electron chi connectivity index (χ3n) is 2.34. The Balaban J connectivity index is 2.45. The number of anilines is 1. The number of hydrogen-bond acceptors (Lipinski definition) is 2. The Hall–Kier alpha value is -0.890. The number of nitrogens with zero attached hydrogens (tertiary/aromatic N) is 1. The molecule has 0 amide bonds. The second-order valence-corrected chi connectivity index (χ2v) is 4.77. The molecule has 1 aromatic rings. The van der Waals surface area contributed by atoms with Crippen LogP contribution in [0.2, 0.25) is 5.02 Å². The molecule has 0 saturated carbocycles. The second-order valence-electron chi connectivity index (χ2n) is 4.33. The van der Waals surface area contributed by atoms with Gasteiger partial charge in [-0.15, -0.1) is 0 Å². The van der Waals surface area contributed by atoms with Crippen LogP contribution in [0, 0.1) is 0 Å². The highest BCUT2D eigenvalue weighted by Crippen LogP contribution is 2.37. The minimum absolute atomic E-state index is 0.129. The topological polar surface area (TPSA) is 12.5 Å². The van der Waals surface area contributed by atoms with E-state index >= 15 is 0 Å². The SMILES string of the molecule is CN1CC(C)(C)Oc2ccc(Cl)cc21. The lowest BCUT2D eigenvalue weighted by atomic mass is 10.1. The Bertz CT molecular complexity index is 362. The fraction of sp³-hybridized carbons (Fsp3) is 0.455. The highest BCUT2D eigenvalue weighted by atomic mass is 35.5. The molecule has 1 aliphatic heterocycles. The molecule has 0 fully saturated rings. The summed E-state index contributed by atoms with van der Waals surface area (Å²) in [5.41, 5.74) is 0.937. The quantitative estimate of drug-likeness (QED) is 0.654. The molecule has 0 spiro atoms. The van der Waals surface area contributed by atoms with Crippen molar-refractivity contribution in [1.82, 2.24) is 0 Å². The molecule has 76 valence electrons. The number of halogens is 1. The average molecular weight is 212 g/mol. The zero-order chi connectivity index (χ0) is 10.3. The lowest BCUT2D eigenvalue weighted by molar-refractivity contribution is 0.107. The maximum Gasteiger partial charge on any atom is 0.143 e. The Morgan fingerprint density at radius 2 is 2.14 bits per heavy atom. The van der Waals surface area contributed by atoms with E-state index < -0.39 is 0 Å². The summed E-state index contributed by atoms with van der Waals surface area (Å²) in [7, 11) is 2.05. The Labute approximate surface area is 89.4 Å². The molecule has 0 radical (unpaired) electrons. The first-order chi connectivity index (χ1) is 6.48. The fourth-order valence-electron chi connectivity index (χ4n) is 1.86. The number of benzene rings is 1. The van der Waals surface area contributed by atoms with Crippen LogP contribution in [0.4, 0.5) is 5.69 Å². The van der Waals surface area contributed by atoms with Crippen molar-refractivity contribution in [2.45, 2.75) is 19.4 Å². The molecule has 2 nitrogen and oxygen atoms in total. The van der Waals surface area contributed by atoms with Crippen LogP contribution in [0.25, 0.3) is 0 Å². The maximum absolute atomic E-state index is 5.93. The van der Waals surface area contributed by atoms with Crippen LogP contribution in [-0.4, -0.2) is 19.2 Å². The second kappa shape index (κ2) is 3.06. The van der Waals surface area contributed by atoms with Crippen LogP contribution < -0.4 is 9.64 Å². The molecule has 0 unspecified atom stereocenters. The van der Waals surface area contributed by atoms with Crippen molar-refractivity contribution < 1.29 is 4.74 Å². The van der Waals surface area contributed by atoms with E-state index in [1.54, 1.807) is 0 Å². The fourth-order valence-corrected chi connectivity index (χ4v) is 2.03. The number of ether oxygens (including phenoxy) is 1. The number of rotatable bonds is 0. The normalized spacial score (nSPS) is 18.7. The van der Waals surface area contributed by atoms with Crippen LogP contribution in [0.3, 0.4) is 0 Å². The first kappa shape index (κ1) is 9.66. The van der Waals surface area contributed by atoms with Gasteiger partial charge in [-0.3, -0.25) is 0 Å². The van der Waals surface area contributed by atoms with Gasteiger partial charge in [0.15, 0.2) is 0 Å². The summed E-state index contributed by atoms with van der Waals surface area (Å²) in [6.07, 6.45) is 0. The third kappa shape index (κ3) is 1.67. The Morgan fingerprint density at radius 3 is 2.86 bits per heavy atom. The maximum atomic E-state index is 5.93. The van der Waals surface area contributed by atoms with Crippen LogP contribution in [0.1, 0.15) is 13.8 Å². The largest absolute Gasteiger partial charge is 0.484 e. The molecule has 0 N–H and O–H groups in total. The summed E-state index contributed by atoms with van der Waals surface area (Å²) in [6, 6.07) is 5.72. The predicted octanol–water partition coefficient (Wildman–Crippen LogP) is 2.95. The summed E-state index contributed by atoms with van der Waals surface area (Å²) in [6.45, 7) is 5.04. The van der Waals surface area contributed by atoms with Gasteiger partial charge in [0.05, 0.1) is 12.2 Å². The Kier molecular flexibility index (Phi) is 2.11. The molecular formula is C11H14ClNO. The minimum atomic E-state index is -0.129. The molecule has 14 heavy (non-hydrogen) atoms. The molecule has 1 heterocycles. The summed E-state index contributed by atoms with van der Waals surface area (Å²) >= 11 is 5.93. The van der Waals surface area contributed by atoms with Crippen LogP contribution in [0.5, 0.6) is 5.75 Å². The van der Waals surface area contributed by atoms with E-state index in [1.165, 1.54) is 0 Å². The first-order valence-corrected chi connectivity index (χ1v) is 5.05. The number of fused-ring (bicyclic) bond motifs is 1. The van der Waals surface area contributed by atoms with Crippen molar-refractivity contribution in [2.24, 2.45) is 0 Å².